The number of hydrogen-bond donors (Lipinski definition) is 8. The normalized spacial score (nSPS) is 51.7. The van der Waals surface area contributed by atoms with Gasteiger partial charge in [-0.25, -0.2) is 0 Å². The Kier molecular flexibility index (Phi) is 6.27. The number of ether oxygens (including phenoxy) is 3. The molecule has 9 N–H and O–H groups in total. The molecule has 0 aromatic heterocycles. The predicted octanol–water partition coefficient (Wildman–Crippen LogP) is -5.43. The minimum atomic E-state index is -1.69. The Morgan fingerprint density at radius 2 is 1.35 bits per heavy atom. The largest absolute Gasteiger partial charge is 0.394 e. The van der Waals surface area contributed by atoms with Crippen molar-refractivity contribution in [1.82, 2.24) is 0 Å². The van der Waals surface area contributed by atoms with Gasteiger partial charge in [-0.3, -0.25) is 0 Å². The number of rotatable bonds is 4. The summed E-state index contributed by atoms with van der Waals surface area (Å²) in [6.45, 7) is -1.25. The van der Waals surface area contributed by atoms with Gasteiger partial charge in [0, 0.05) is 0 Å². The van der Waals surface area contributed by atoms with Crippen LogP contribution in [-0.4, -0.2) is 110 Å². The third-order valence-electron chi connectivity index (χ3n) is 4.04. The summed E-state index contributed by atoms with van der Waals surface area (Å²) in [6.07, 6.45) is -14.4. The van der Waals surface area contributed by atoms with E-state index in [-0.39, 0.29) is 0 Å². The van der Waals surface area contributed by atoms with Crippen LogP contribution in [-0.2, 0) is 14.2 Å². The fraction of sp³-hybridized carbons (Fsp3) is 1.00. The molecule has 2 heterocycles. The van der Waals surface area contributed by atoms with E-state index in [1.807, 2.05) is 0 Å². The monoisotopic (exact) mass is 341 g/mol. The lowest BCUT2D eigenvalue weighted by Gasteiger charge is -2.45. The Labute approximate surface area is 131 Å². The van der Waals surface area contributed by atoms with Crippen molar-refractivity contribution in [2.75, 3.05) is 13.2 Å². The first-order valence-corrected chi connectivity index (χ1v) is 7.15. The fourth-order valence-corrected chi connectivity index (χ4v) is 2.62. The second-order valence-electron chi connectivity index (χ2n) is 5.60. The van der Waals surface area contributed by atoms with Gasteiger partial charge in [0.05, 0.1) is 13.2 Å². The van der Waals surface area contributed by atoms with E-state index in [0.29, 0.717) is 0 Å². The van der Waals surface area contributed by atoms with E-state index in [0.717, 1.165) is 0 Å². The Bertz CT molecular complexity index is 383. The Balaban J connectivity index is 2.11. The highest BCUT2D eigenvalue weighted by Gasteiger charge is 2.49. The smallest absolute Gasteiger partial charge is 0.187 e. The maximum Gasteiger partial charge on any atom is 0.187 e. The van der Waals surface area contributed by atoms with Crippen LogP contribution in [0.3, 0.4) is 0 Å². The molecule has 136 valence electrons. The molecule has 2 saturated heterocycles. The highest BCUT2D eigenvalue weighted by atomic mass is 16.7. The molecular formula is C12H23NO10. The number of aliphatic hydroxyl groups excluding tert-OH is 7. The van der Waals surface area contributed by atoms with Crippen LogP contribution in [0.5, 0.6) is 0 Å². The van der Waals surface area contributed by atoms with Crippen LogP contribution in [0.1, 0.15) is 0 Å². The van der Waals surface area contributed by atoms with E-state index >= 15 is 0 Å². The van der Waals surface area contributed by atoms with Crippen LogP contribution in [0.4, 0.5) is 0 Å². The molecule has 0 aromatic carbocycles. The molecule has 23 heavy (non-hydrogen) atoms. The lowest BCUT2D eigenvalue weighted by Crippen LogP contribution is -2.65. The molecule has 0 radical (unpaired) electrons. The number of aliphatic hydroxyl groups is 7. The molecule has 11 heteroatoms. The van der Waals surface area contributed by atoms with Crippen molar-refractivity contribution in [2.45, 2.75) is 61.3 Å². The first-order valence-electron chi connectivity index (χ1n) is 7.15. The lowest BCUT2D eigenvalue weighted by molar-refractivity contribution is -0.341. The quantitative estimate of drug-likeness (QED) is 0.243. The van der Waals surface area contributed by atoms with E-state index in [2.05, 4.69) is 0 Å². The Morgan fingerprint density at radius 1 is 0.739 bits per heavy atom. The van der Waals surface area contributed by atoms with Crippen LogP contribution in [0.25, 0.3) is 0 Å². The summed E-state index contributed by atoms with van der Waals surface area (Å²) < 4.78 is 15.6. The first kappa shape index (κ1) is 18.9. The molecule has 0 aromatic rings. The van der Waals surface area contributed by atoms with Gasteiger partial charge in [-0.2, -0.15) is 0 Å². The third-order valence-corrected chi connectivity index (χ3v) is 4.04. The van der Waals surface area contributed by atoms with E-state index in [4.69, 9.17) is 25.1 Å². The molecule has 2 aliphatic rings. The summed E-state index contributed by atoms with van der Waals surface area (Å²) >= 11 is 0. The first-order chi connectivity index (χ1) is 10.8. The minimum absolute atomic E-state index is 0.598. The molecule has 0 spiro atoms. The third kappa shape index (κ3) is 3.65. The zero-order valence-electron chi connectivity index (χ0n) is 12.1. The maximum absolute atomic E-state index is 10.0. The molecule has 6 unspecified atom stereocenters. The summed E-state index contributed by atoms with van der Waals surface area (Å²) in [5.41, 5.74) is 5.46. The number of nitrogens with two attached hydrogens (primary N) is 1. The minimum Gasteiger partial charge on any atom is -0.394 e. The van der Waals surface area contributed by atoms with Crippen molar-refractivity contribution < 1.29 is 50.0 Å². The molecule has 2 aliphatic heterocycles. The molecule has 10 atom stereocenters. The van der Waals surface area contributed by atoms with Gasteiger partial charge in [-0.05, 0) is 0 Å². The van der Waals surface area contributed by atoms with Crippen LogP contribution < -0.4 is 5.73 Å². The second kappa shape index (κ2) is 7.63. The molecule has 0 bridgehead atoms. The Hall–Kier alpha value is -0.440. The zero-order valence-corrected chi connectivity index (χ0v) is 12.1. The molecule has 0 aliphatic carbocycles. The summed E-state index contributed by atoms with van der Waals surface area (Å²) in [5.74, 6) is 0. The summed E-state index contributed by atoms with van der Waals surface area (Å²) in [7, 11) is 0. The van der Waals surface area contributed by atoms with Crippen molar-refractivity contribution in [2.24, 2.45) is 5.73 Å². The van der Waals surface area contributed by atoms with E-state index in [1.165, 1.54) is 0 Å². The molecule has 11 nitrogen and oxygen atoms in total. The topological polar surface area (TPSA) is 195 Å². The summed E-state index contributed by atoms with van der Waals surface area (Å²) in [4.78, 5) is 0. The second-order valence-corrected chi connectivity index (χ2v) is 5.60. The summed E-state index contributed by atoms with van der Waals surface area (Å²) in [5, 5.41) is 67.4. The SMILES string of the molecule is N[C@@H]1OC(CO)[C@@H](O[C@@H]2OC(CO)[C@@H](O)C(O)C2O)C(O)C1O. The van der Waals surface area contributed by atoms with Crippen molar-refractivity contribution in [3.63, 3.8) is 0 Å². The predicted molar refractivity (Wildman–Crippen MR) is 70.6 cm³/mol. The van der Waals surface area contributed by atoms with Crippen molar-refractivity contribution in [1.29, 1.82) is 0 Å². The highest BCUT2D eigenvalue weighted by molar-refractivity contribution is 4.94. The van der Waals surface area contributed by atoms with Gasteiger partial charge in [0.2, 0.25) is 0 Å². The van der Waals surface area contributed by atoms with Crippen LogP contribution >= 0.6 is 0 Å². The van der Waals surface area contributed by atoms with Gasteiger partial charge >= 0.3 is 0 Å². The average molecular weight is 341 g/mol. The Morgan fingerprint density at radius 3 is 1.91 bits per heavy atom. The van der Waals surface area contributed by atoms with E-state index in [9.17, 15) is 30.6 Å². The van der Waals surface area contributed by atoms with Crippen molar-refractivity contribution in [3.8, 4) is 0 Å². The van der Waals surface area contributed by atoms with Gasteiger partial charge < -0.3 is 55.7 Å². The molecule has 0 saturated carbocycles. The van der Waals surface area contributed by atoms with Crippen molar-refractivity contribution >= 4 is 0 Å². The highest BCUT2D eigenvalue weighted by Crippen LogP contribution is 2.28. The maximum atomic E-state index is 10.0. The summed E-state index contributed by atoms with van der Waals surface area (Å²) in [6, 6.07) is 0. The van der Waals surface area contributed by atoms with Crippen LogP contribution in [0.2, 0.25) is 0 Å². The molecule has 2 rings (SSSR count). The molecule has 0 amide bonds. The van der Waals surface area contributed by atoms with Gasteiger partial charge in [0.25, 0.3) is 0 Å². The average Bonchev–Trinajstić information content (AvgIpc) is 2.55. The van der Waals surface area contributed by atoms with Gasteiger partial charge in [0.1, 0.15) is 55.1 Å². The van der Waals surface area contributed by atoms with E-state index in [1.54, 1.807) is 0 Å². The van der Waals surface area contributed by atoms with E-state index < -0.39 is 74.6 Å². The fourth-order valence-electron chi connectivity index (χ4n) is 2.62. The van der Waals surface area contributed by atoms with Crippen molar-refractivity contribution in [3.05, 3.63) is 0 Å². The van der Waals surface area contributed by atoms with Gasteiger partial charge in [-0.1, -0.05) is 0 Å². The lowest BCUT2D eigenvalue weighted by atomic mass is 9.96. The molecular weight excluding hydrogens is 318 g/mol. The van der Waals surface area contributed by atoms with Crippen LogP contribution in [0.15, 0.2) is 0 Å². The zero-order chi connectivity index (χ0) is 17.3. The molecule has 2 fully saturated rings. The number of hydrogen-bond acceptors (Lipinski definition) is 11. The van der Waals surface area contributed by atoms with Crippen LogP contribution in [0, 0.1) is 0 Å². The van der Waals surface area contributed by atoms with Gasteiger partial charge in [0.15, 0.2) is 6.29 Å². The standard InChI is InChI=1S/C12H23NO10/c13-11-8(19)7(18)10(4(2-15)21-11)23-12-9(20)6(17)5(16)3(1-14)22-12/h3-12,14-20H,1-2,13H2/t3?,4?,5-,6?,7?,8?,9?,10-,11-,12+/m1/s1. The van der Waals surface area contributed by atoms with Gasteiger partial charge in [-0.15, -0.1) is 0 Å².